The van der Waals surface area contributed by atoms with E-state index in [1.807, 2.05) is 31.2 Å². The average Bonchev–Trinajstić information content (AvgIpc) is 2.62. The Morgan fingerprint density at radius 2 is 1.77 bits per heavy atom. The summed E-state index contributed by atoms with van der Waals surface area (Å²) < 4.78 is 5.40. The summed E-state index contributed by atoms with van der Waals surface area (Å²) in [6.45, 7) is 6.95. The molecule has 1 aromatic carbocycles. The third-order valence-corrected chi connectivity index (χ3v) is 5.37. The highest BCUT2D eigenvalue weighted by atomic mass is 16.5. The van der Waals surface area contributed by atoms with Crippen LogP contribution in [0.1, 0.15) is 52.0 Å². The van der Waals surface area contributed by atoms with Crippen molar-refractivity contribution in [2.45, 2.75) is 58.9 Å². The van der Waals surface area contributed by atoms with Crippen molar-refractivity contribution in [3.63, 3.8) is 0 Å². The maximum atomic E-state index is 12.5. The van der Waals surface area contributed by atoms with Crippen LogP contribution >= 0.6 is 0 Å². The summed E-state index contributed by atoms with van der Waals surface area (Å²) in [4.78, 5) is 24.1. The maximum Gasteiger partial charge on any atom is 0.326 e. The van der Waals surface area contributed by atoms with Gasteiger partial charge >= 0.3 is 5.97 Å². The third kappa shape index (κ3) is 5.75. The SMILES string of the molecule is CCOc1ccc(C[C@H](NC(=O)C2CCC(C(C)C)CC2)C(=O)O)cc1. The summed E-state index contributed by atoms with van der Waals surface area (Å²) in [6, 6.07) is 6.45. The van der Waals surface area contributed by atoms with E-state index in [9.17, 15) is 14.7 Å². The van der Waals surface area contributed by atoms with Crippen molar-refractivity contribution in [1.29, 1.82) is 0 Å². The van der Waals surface area contributed by atoms with Crippen LogP contribution in [0.4, 0.5) is 0 Å². The van der Waals surface area contributed by atoms with Crippen molar-refractivity contribution in [2.75, 3.05) is 6.61 Å². The fraction of sp³-hybridized carbons (Fsp3) is 0.619. The molecule has 0 saturated heterocycles. The number of benzene rings is 1. The van der Waals surface area contributed by atoms with Crippen molar-refractivity contribution in [1.82, 2.24) is 5.32 Å². The minimum atomic E-state index is -0.997. The minimum absolute atomic E-state index is 0.0628. The molecular weight excluding hydrogens is 330 g/mol. The van der Waals surface area contributed by atoms with Gasteiger partial charge in [0.2, 0.25) is 5.91 Å². The molecule has 0 aliphatic heterocycles. The van der Waals surface area contributed by atoms with Gasteiger partial charge in [0, 0.05) is 12.3 Å². The molecule has 1 fully saturated rings. The Hall–Kier alpha value is -2.04. The van der Waals surface area contributed by atoms with Gasteiger partial charge in [0.25, 0.3) is 0 Å². The zero-order valence-corrected chi connectivity index (χ0v) is 16.0. The van der Waals surface area contributed by atoms with Gasteiger partial charge in [-0.1, -0.05) is 26.0 Å². The van der Waals surface area contributed by atoms with Crippen LogP contribution in [-0.4, -0.2) is 29.6 Å². The molecule has 0 heterocycles. The maximum absolute atomic E-state index is 12.5. The Morgan fingerprint density at radius 1 is 1.15 bits per heavy atom. The van der Waals surface area contributed by atoms with Crippen LogP contribution < -0.4 is 10.1 Å². The number of carboxylic acid groups (broad SMARTS) is 1. The highest BCUT2D eigenvalue weighted by Crippen LogP contribution is 2.33. The predicted molar refractivity (Wildman–Crippen MR) is 101 cm³/mol. The lowest BCUT2D eigenvalue weighted by Gasteiger charge is -2.30. The average molecular weight is 361 g/mol. The Labute approximate surface area is 156 Å². The fourth-order valence-electron chi connectivity index (χ4n) is 3.66. The quantitative estimate of drug-likeness (QED) is 0.741. The van der Waals surface area contributed by atoms with E-state index < -0.39 is 12.0 Å². The Morgan fingerprint density at radius 3 is 2.27 bits per heavy atom. The Kier molecular flexibility index (Phi) is 7.49. The molecule has 5 nitrogen and oxygen atoms in total. The molecule has 2 rings (SSSR count). The highest BCUT2D eigenvalue weighted by Gasteiger charge is 2.30. The van der Waals surface area contributed by atoms with E-state index in [-0.39, 0.29) is 18.2 Å². The molecule has 1 saturated carbocycles. The number of carboxylic acids is 1. The van der Waals surface area contributed by atoms with Gasteiger partial charge in [0.1, 0.15) is 11.8 Å². The molecule has 0 spiro atoms. The molecule has 0 unspecified atom stereocenters. The molecule has 144 valence electrons. The second-order valence-electron chi connectivity index (χ2n) is 7.54. The van der Waals surface area contributed by atoms with Crippen LogP contribution in [0.3, 0.4) is 0 Å². The van der Waals surface area contributed by atoms with Gasteiger partial charge in [0.15, 0.2) is 0 Å². The lowest BCUT2D eigenvalue weighted by molar-refractivity contribution is -0.142. The lowest BCUT2D eigenvalue weighted by Crippen LogP contribution is -2.45. The molecule has 5 heteroatoms. The van der Waals surface area contributed by atoms with Crippen LogP contribution in [0.5, 0.6) is 5.75 Å². The van der Waals surface area contributed by atoms with Crippen LogP contribution in [0.2, 0.25) is 0 Å². The van der Waals surface area contributed by atoms with Gasteiger partial charge in [-0.05, 0) is 62.1 Å². The topological polar surface area (TPSA) is 75.6 Å². The third-order valence-electron chi connectivity index (χ3n) is 5.37. The summed E-state index contributed by atoms with van der Waals surface area (Å²) >= 11 is 0. The number of ether oxygens (including phenoxy) is 1. The van der Waals surface area contributed by atoms with Gasteiger partial charge < -0.3 is 15.2 Å². The Balaban J connectivity index is 1.91. The number of nitrogens with one attached hydrogen (secondary N) is 1. The molecule has 1 aliphatic rings. The van der Waals surface area contributed by atoms with Crippen LogP contribution in [-0.2, 0) is 16.0 Å². The van der Waals surface area contributed by atoms with Gasteiger partial charge in [-0.3, -0.25) is 4.79 Å². The number of aliphatic carboxylic acids is 1. The normalized spacial score (nSPS) is 21.2. The van der Waals surface area contributed by atoms with Crippen LogP contribution in [0.15, 0.2) is 24.3 Å². The fourth-order valence-corrected chi connectivity index (χ4v) is 3.66. The molecule has 1 aliphatic carbocycles. The monoisotopic (exact) mass is 361 g/mol. The molecule has 26 heavy (non-hydrogen) atoms. The van der Waals surface area contributed by atoms with Crippen molar-refractivity contribution < 1.29 is 19.4 Å². The molecule has 1 atom stereocenters. The molecule has 0 bridgehead atoms. The van der Waals surface area contributed by atoms with Crippen molar-refractivity contribution in [3.05, 3.63) is 29.8 Å². The first-order valence-electron chi connectivity index (χ1n) is 9.65. The second-order valence-corrected chi connectivity index (χ2v) is 7.54. The Bertz CT molecular complexity index is 589. The lowest BCUT2D eigenvalue weighted by atomic mass is 9.76. The zero-order chi connectivity index (χ0) is 19.1. The smallest absolute Gasteiger partial charge is 0.326 e. The summed E-state index contributed by atoms with van der Waals surface area (Å²) in [6.07, 6.45) is 4.07. The summed E-state index contributed by atoms with van der Waals surface area (Å²) in [5.41, 5.74) is 0.865. The molecule has 1 aromatic rings. The molecule has 0 aromatic heterocycles. The molecule has 2 N–H and O–H groups in total. The summed E-state index contributed by atoms with van der Waals surface area (Å²) in [7, 11) is 0. The van der Waals surface area contributed by atoms with E-state index in [4.69, 9.17) is 4.74 Å². The second kappa shape index (κ2) is 9.60. The predicted octanol–water partition coefficient (Wildman–Crippen LogP) is 3.66. The van der Waals surface area contributed by atoms with E-state index in [1.54, 1.807) is 0 Å². The van der Waals surface area contributed by atoms with E-state index in [1.165, 1.54) is 0 Å². The molecular formula is C21H31NO4. The van der Waals surface area contributed by atoms with Crippen molar-refractivity contribution in [3.8, 4) is 5.75 Å². The number of carbonyl (C=O) groups excluding carboxylic acids is 1. The van der Waals surface area contributed by atoms with Crippen LogP contribution in [0, 0.1) is 17.8 Å². The first-order chi connectivity index (χ1) is 12.4. The highest BCUT2D eigenvalue weighted by molar-refractivity contribution is 5.85. The summed E-state index contributed by atoms with van der Waals surface area (Å²) in [5, 5.41) is 12.2. The van der Waals surface area contributed by atoms with E-state index in [0.29, 0.717) is 18.4 Å². The number of hydrogen-bond acceptors (Lipinski definition) is 3. The zero-order valence-electron chi connectivity index (χ0n) is 16.0. The van der Waals surface area contributed by atoms with E-state index in [0.717, 1.165) is 37.0 Å². The first kappa shape index (κ1) is 20.3. The van der Waals surface area contributed by atoms with E-state index in [2.05, 4.69) is 19.2 Å². The molecule has 1 amide bonds. The number of amides is 1. The summed E-state index contributed by atoms with van der Waals surface area (Å²) in [5.74, 6) is 0.901. The number of hydrogen-bond donors (Lipinski definition) is 2. The van der Waals surface area contributed by atoms with Crippen molar-refractivity contribution >= 4 is 11.9 Å². The molecule has 0 radical (unpaired) electrons. The van der Waals surface area contributed by atoms with Crippen molar-refractivity contribution in [2.24, 2.45) is 17.8 Å². The number of rotatable bonds is 8. The van der Waals surface area contributed by atoms with Crippen LogP contribution in [0.25, 0.3) is 0 Å². The minimum Gasteiger partial charge on any atom is -0.494 e. The largest absolute Gasteiger partial charge is 0.494 e. The number of carbonyl (C=O) groups is 2. The van der Waals surface area contributed by atoms with Gasteiger partial charge in [-0.2, -0.15) is 0 Å². The van der Waals surface area contributed by atoms with Gasteiger partial charge in [-0.25, -0.2) is 4.79 Å². The van der Waals surface area contributed by atoms with E-state index >= 15 is 0 Å². The first-order valence-corrected chi connectivity index (χ1v) is 9.65. The van der Waals surface area contributed by atoms with Gasteiger partial charge in [-0.15, -0.1) is 0 Å². The van der Waals surface area contributed by atoms with Gasteiger partial charge in [0.05, 0.1) is 6.61 Å². The standard InChI is InChI=1S/C21H31NO4/c1-4-26-18-11-5-15(6-12-18)13-19(21(24)25)22-20(23)17-9-7-16(8-10-17)14(2)3/h5-6,11-12,14,16-17,19H,4,7-10,13H2,1-3H3,(H,22,23)(H,24,25)/t16?,17?,19-/m0/s1.